The standard InChI is InChI=1S/C20H32N2O3.C19H26N2O3.C11H21BrSi/c1-15(2)17(12-18(23)21-6)14-22(19(24)25-20(3,4)5)13-16-10-8-7-9-11-16;1-6-15(12-17(22)20-5)13-21(18(23)24-19(2,3)4)14-16-10-8-7-9-11-16;1-9(2)13(8-7-12,10(3)4)11(5)6/h7-11,15,17H,12-14H2,1-6H3,(H,21,23);1,7-11,15H,12-14H2,2-5H3,(H,20,22);9-11H,1-6H3. The molecule has 2 aromatic rings. The van der Waals surface area contributed by atoms with Crippen molar-refractivity contribution in [2.24, 2.45) is 17.8 Å². The molecule has 2 N–H and O–H groups in total. The monoisotopic (exact) mass is 938 g/mol. The van der Waals surface area contributed by atoms with Crippen molar-refractivity contribution < 1.29 is 28.7 Å². The number of amides is 4. The average Bonchev–Trinajstić information content (AvgIpc) is 3.18. The molecule has 2 unspecified atom stereocenters. The number of terminal acetylenes is 1. The SMILES string of the molecule is C#CC(CC(=O)NC)CN(Cc1ccccc1)C(=O)OC(C)(C)C.CC(C)[Si](C#CBr)(C(C)C)C(C)C.CNC(=O)CC(CN(Cc1ccccc1)C(=O)OC(C)(C)C)C(C)C. The van der Waals surface area contributed by atoms with E-state index in [0.717, 1.165) is 27.8 Å². The molecule has 12 heteroatoms. The molecule has 0 saturated heterocycles. The largest absolute Gasteiger partial charge is 0.444 e. The summed E-state index contributed by atoms with van der Waals surface area (Å²) in [6, 6.07) is 19.4. The normalized spacial score (nSPS) is 12.3. The zero-order valence-corrected chi connectivity index (χ0v) is 43.4. The summed E-state index contributed by atoms with van der Waals surface area (Å²) in [6.07, 6.45) is 5.31. The summed E-state index contributed by atoms with van der Waals surface area (Å²) in [5.74, 6) is 2.40. The number of nitrogens with one attached hydrogen (secondary N) is 2. The second-order valence-electron chi connectivity index (χ2n) is 18.9. The van der Waals surface area contributed by atoms with E-state index < -0.39 is 25.4 Å². The van der Waals surface area contributed by atoms with Crippen molar-refractivity contribution in [3.8, 4) is 22.7 Å². The first-order valence-electron chi connectivity index (χ1n) is 21.8. The molecule has 0 aliphatic heterocycles. The number of hydrogen-bond donors (Lipinski definition) is 2. The van der Waals surface area contributed by atoms with Gasteiger partial charge in [0.05, 0.1) is 0 Å². The van der Waals surface area contributed by atoms with Crippen LogP contribution >= 0.6 is 15.9 Å². The lowest BCUT2D eigenvalue weighted by molar-refractivity contribution is -0.122. The smallest absolute Gasteiger partial charge is 0.410 e. The van der Waals surface area contributed by atoms with E-state index in [9.17, 15) is 19.2 Å². The van der Waals surface area contributed by atoms with E-state index in [1.807, 2.05) is 102 Å². The molecular formula is C50H79BrN4O6Si. The predicted molar refractivity (Wildman–Crippen MR) is 262 cm³/mol. The van der Waals surface area contributed by atoms with Crippen molar-refractivity contribution in [1.29, 1.82) is 0 Å². The third-order valence-electron chi connectivity index (χ3n) is 10.4. The molecule has 0 fully saturated rings. The van der Waals surface area contributed by atoms with Gasteiger partial charge in [0.1, 0.15) is 19.3 Å². The van der Waals surface area contributed by atoms with Crippen LogP contribution in [0.2, 0.25) is 16.6 Å². The zero-order valence-electron chi connectivity index (χ0n) is 40.8. The molecule has 2 rings (SSSR count). The van der Waals surface area contributed by atoms with E-state index in [2.05, 4.69) is 98.2 Å². The summed E-state index contributed by atoms with van der Waals surface area (Å²) in [4.78, 5) is 54.8. The minimum Gasteiger partial charge on any atom is -0.444 e. The van der Waals surface area contributed by atoms with Crippen LogP contribution in [-0.4, -0.2) is 80.3 Å². The van der Waals surface area contributed by atoms with E-state index in [1.165, 1.54) is 0 Å². The molecule has 0 heterocycles. The molecule has 0 bridgehead atoms. The molecule has 0 aliphatic rings. The van der Waals surface area contributed by atoms with Crippen molar-refractivity contribution in [3.05, 3.63) is 71.8 Å². The van der Waals surface area contributed by atoms with Gasteiger partial charge in [-0.15, -0.1) is 17.9 Å². The summed E-state index contributed by atoms with van der Waals surface area (Å²) < 4.78 is 11.0. The van der Waals surface area contributed by atoms with Crippen LogP contribution < -0.4 is 10.6 Å². The first-order valence-corrected chi connectivity index (χ1v) is 24.8. The Hall–Kier alpha value is -4.26. The fourth-order valence-corrected chi connectivity index (χ4v) is 13.1. The van der Waals surface area contributed by atoms with Gasteiger partial charge in [0.15, 0.2) is 0 Å². The van der Waals surface area contributed by atoms with Gasteiger partial charge >= 0.3 is 12.2 Å². The van der Waals surface area contributed by atoms with Gasteiger partial charge in [-0.05, 0) is 86.0 Å². The van der Waals surface area contributed by atoms with Gasteiger partial charge in [-0.1, -0.05) is 116 Å². The van der Waals surface area contributed by atoms with Crippen molar-refractivity contribution in [2.45, 2.75) is 151 Å². The quantitative estimate of drug-likeness (QED) is 0.128. The zero-order chi connectivity index (χ0) is 47.8. The molecule has 62 heavy (non-hydrogen) atoms. The number of carbonyl (C=O) groups excluding carboxylic acids is 4. The van der Waals surface area contributed by atoms with Crippen LogP contribution in [0.3, 0.4) is 0 Å². The van der Waals surface area contributed by atoms with E-state index in [-0.39, 0.29) is 48.6 Å². The van der Waals surface area contributed by atoms with Crippen LogP contribution in [0.25, 0.3) is 0 Å². The molecule has 2 atom stereocenters. The summed E-state index contributed by atoms with van der Waals surface area (Å²) in [6.45, 7) is 30.7. The Balaban J connectivity index is 0.000000947. The van der Waals surface area contributed by atoms with Gasteiger partial charge in [0, 0.05) is 75.0 Å². The van der Waals surface area contributed by atoms with Crippen LogP contribution in [0.5, 0.6) is 0 Å². The highest BCUT2D eigenvalue weighted by Crippen LogP contribution is 2.40. The Morgan fingerprint density at radius 3 is 1.32 bits per heavy atom. The van der Waals surface area contributed by atoms with Gasteiger partial charge in [0.2, 0.25) is 11.8 Å². The number of benzene rings is 2. The Labute approximate surface area is 385 Å². The molecule has 0 radical (unpaired) electrons. The second-order valence-corrected chi connectivity index (χ2v) is 24.9. The van der Waals surface area contributed by atoms with E-state index >= 15 is 0 Å². The summed E-state index contributed by atoms with van der Waals surface area (Å²) in [7, 11) is 1.76. The Morgan fingerprint density at radius 1 is 0.661 bits per heavy atom. The van der Waals surface area contributed by atoms with Crippen molar-refractivity contribution in [3.63, 3.8) is 0 Å². The second kappa shape index (κ2) is 28.4. The summed E-state index contributed by atoms with van der Waals surface area (Å²) in [5.41, 5.74) is 6.56. The molecule has 4 amide bonds. The minimum absolute atomic E-state index is 0.0115. The topological polar surface area (TPSA) is 117 Å². The van der Waals surface area contributed by atoms with Crippen molar-refractivity contribution in [1.82, 2.24) is 20.4 Å². The molecule has 2 aromatic carbocycles. The lowest BCUT2D eigenvalue weighted by atomic mass is 9.91. The summed E-state index contributed by atoms with van der Waals surface area (Å²) in [5, 5.41) is 5.22. The van der Waals surface area contributed by atoms with Gasteiger partial charge in [-0.25, -0.2) is 9.59 Å². The Bertz CT molecular complexity index is 1720. The van der Waals surface area contributed by atoms with Crippen molar-refractivity contribution in [2.75, 3.05) is 27.2 Å². The first-order chi connectivity index (χ1) is 28.8. The molecular weight excluding hydrogens is 861 g/mol. The lowest BCUT2D eigenvalue weighted by Crippen LogP contribution is -2.43. The van der Waals surface area contributed by atoms with Crippen LogP contribution in [0.1, 0.15) is 121 Å². The van der Waals surface area contributed by atoms with Crippen molar-refractivity contribution >= 4 is 48.0 Å². The maximum Gasteiger partial charge on any atom is 0.410 e. The molecule has 0 spiro atoms. The number of rotatable bonds is 16. The number of halogens is 1. The minimum atomic E-state index is -1.44. The molecule has 0 saturated carbocycles. The average molecular weight is 940 g/mol. The highest BCUT2D eigenvalue weighted by Gasteiger charge is 2.41. The number of nitrogens with zero attached hydrogens (tertiary/aromatic N) is 2. The lowest BCUT2D eigenvalue weighted by Gasteiger charge is -2.37. The maximum atomic E-state index is 12.7. The molecule has 0 aromatic heterocycles. The van der Waals surface area contributed by atoms with Gasteiger partial charge in [-0.2, -0.15) is 0 Å². The van der Waals surface area contributed by atoms with Gasteiger partial charge < -0.3 is 29.9 Å². The maximum absolute atomic E-state index is 12.7. The van der Waals surface area contributed by atoms with Gasteiger partial charge in [-0.3, -0.25) is 9.59 Å². The highest BCUT2D eigenvalue weighted by atomic mass is 79.9. The predicted octanol–water partition coefficient (Wildman–Crippen LogP) is 11.2. The number of hydrogen-bond acceptors (Lipinski definition) is 6. The number of carbonyl (C=O) groups is 4. The highest BCUT2D eigenvalue weighted by molar-refractivity contribution is 9.12. The third kappa shape index (κ3) is 22.7. The number of ether oxygens (including phenoxy) is 2. The Kier molecular flexibility index (Phi) is 26.5. The van der Waals surface area contributed by atoms with E-state index in [1.54, 1.807) is 23.9 Å². The summed E-state index contributed by atoms with van der Waals surface area (Å²) >= 11 is 3.26. The molecule has 346 valence electrons. The van der Waals surface area contributed by atoms with Gasteiger partial charge in [0.25, 0.3) is 0 Å². The third-order valence-corrected chi connectivity index (χ3v) is 17.2. The molecule has 10 nitrogen and oxygen atoms in total. The van der Waals surface area contributed by atoms with E-state index in [4.69, 9.17) is 15.9 Å². The fraction of sp³-hybridized carbons (Fsp3) is 0.600. The van der Waals surface area contributed by atoms with Crippen LogP contribution in [0.15, 0.2) is 60.7 Å². The van der Waals surface area contributed by atoms with Crippen LogP contribution in [0, 0.1) is 40.5 Å². The molecule has 0 aliphatic carbocycles. The van der Waals surface area contributed by atoms with Crippen LogP contribution in [0.4, 0.5) is 9.59 Å². The Morgan fingerprint density at radius 2 is 1.03 bits per heavy atom. The van der Waals surface area contributed by atoms with E-state index in [0.29, 0.717) is 26.1 Å². The van der Waals surface area contributed by atoms with Crippen LogP contribution in [-0.2, 0) is 32.2 Å². The first kappa shape index (κ1) is 57.7. The fourth-order valence-electron chi connectivity index (χ4n) is 7.09.